The van der Waals surface area contributed by atoms with Crippen LogP contribution in [0.5, 0.6) is 0 Å². The Bertz CT molecular complexity index is 324. The summed E-state index contributed by atoms with van der Waals surface area (Å²) in [7, 11) is 0. The predicted molar refractivity (Wildman–Crippen MR) is 38.4 cm³/mol. The number of rotatable bonds is 1. The van der Waals surface area contributed by atoms with Crippen LogP contribution >= 0.6 is 23.2 Å². The normalized spacial score (nSPS) is 11.4. The van der Waals surface area contributed by atoms with Crippen molar-refractivity contribution >= 4 is 29.2 Å². The molecule has 0 radical (unpaired) electrons. The van der Waals surface area contributed by atoms with Gasteiger partial charge >= 0.3 is 12.1 Å². The van der Waals surface area contributed by atoms with Crippen molar-refractivity contribution in [2.45, 2.75) is 6.18 Å². The zero-order chi connectivity index (χ0) is 10.1. The Kier molecular flexibility index (Phi) is 2.77. The van der Waals surface area contributed by atoms with Crippen LogP contribution in [0, 0.1) is 0 Å². The number of carbonyl (C=O) groups is 1. The summed E-state index contributed by atoms with van der Waals surface area (Å²) in [5, 5.41) is 0. The first-order valence-electron chi connectivity index (χ1n) is 2.80. The van der Waals surface area contributed by atoms with E-state index in [0.717, 1.165) is 5.51 Å². The first-order valence-corrected chi connectivity index (χ1v) is 3.99. The lowest BCUT2D eigenvalue weighted by atomic mass is 10.3. The second-order valence-electron chi connectivity index (χ2n) is 1.89. The van der Waals surface area contributed by atoms with Gasteiger partial charge in [-0.15, -0.1) is 11.3 Å². The molecule has 0 spiro atoms. The Morgan fingerprint density at radius 3 is 2.69 bits per heavy atom. The quantitative estimate of drug-likeness (QED) is 0.745. The summed E-state index contributed by atoms with van der Waals surface area (Å²) in [6.45, 7) is 0. The molecule has 0 unspecified atom stereocenters. The molecular weight excluding hydrogens is 231 g/mol. The molecule has 0 aliphatic carbocycles. The summed E-state index contributed by atoms with van der Waals surface area (Å²) in [6, 6.07) is 0. The van der Waals surface area contributed by atoms with E-state index >= 15 is 0 Å². The third-order valence-electron chi connectivity index (χ3n) is 1.09. The zero-order valence-corrected chi connectivity index (χ0v) is 7.33. The first-order chi connectivity index (χ1) is 5.96. The summed E-state index contributed by atoms with van der Waals surface area (Å²) in [5.41, 5.74) is -0.380. The van der Waals surface area contributed by atoms with Gasteiger partial charge in [-0.1, -0.05) is 0 Å². The summed E-state index contributed by atoms with van der Waals surface area (Å²) < 4.78 is 39.8. The molecule has 0 bridgehead atoms. The standard InChI is InChI=1S/C5HClF3NO2S/c6-12-4(11)2-3(5(7,8)9)10-1-13-2/h1H. The molecule has 1 aromatic rings. The third-order valence-corrected chi connectivity index (χ3v) is 2.04. The van der Waals surface area contributed by atoms with Crippen LogP contribution in [-0.2, 0) is 10.5 Å². The Hall–Kier alpha value is -0.820. The van der Waals surface area contributed by atoms with Crippen LogP contribution in [0.15, 0.2) is 5.51 Å². The topological polar surface area (TPSA) is 39.2 Å². The highest BCUT2D eigenvalue weighted by molar-refractivity contribution is 7.11. The highest BCUT2D eigenvalue weighted by Crippen LogP contribution is 2.32. The fourth-order valence-corrected chi connectivity index (χ4v) is 1.43. The van der Waals surface area contributed by atoms with Gasteiger partial charge in [0, 0.05) is 0 Å². The summed E-state index contributed by atoms with van der Waals surface area (Å²) in [4.78, 5) is 13.0. The lowest BCUT2D eigenvalue weighted by molar-refractivity contribution is -0.141. The molecule has 1 heterocycles. The molecule has 0 saturated heterocycles. The molecule has 0 saturated carbocycles. The number of nitrogens with zero attached hydrogens (tertiary/aromatic N) is 1. The van der Waals surface area contributed by atoms with Gasteiger partial charge in [-0.05, 0) is 0 Å². The maximum atomic E-state index is 12.1. The average Bonchev–Trinajstić information content (AvgIpc) is 2.49. The average molecular weight is 232 g/mol. The molecule has 1 rings (SSSR count). The van der Waals surface area contributed by atoms with Crippen molar-refractivity contribution in [3.8, 4) is 0 Å². The highest BCUT2D eigenvalue weighted by Gasteiger charge is 2.38. The Morgan fingerprint density at radius 1 is 1.62 bits per heavy atom. The van der Waals surface area contributed by atoms with Crippen molar-refractivity contribution in [1.82, 2.24) is 4.98 Å². The fraction of sp³-hybridized carbons (Fsp3) is 0.200. The number of thiazole rings is 1. The first kappa shape index (κ1) is 10.3. The lowest BCUT2D eigenvalue weighted by Crippen LogP contribution is -2.11. The molecule has 0 aromatic carbocycles. The van der Waals surface area contributed by atoms with Crippen molar-refractivity contribution < 1.29 is 22.3 Å². The van der Waals surface area contributed by atoms with E-state index in [2.05, 4.69) is 21.1 Å². The molecule has 72 valence electrons. The van der Waals surface area contributed by atoms with E-state index in [1.165, 1.54) is 0 Å². The van der Waals surface area contributed by atoms with E-state index in [-0.39, 0.29) is 0 Å². The summed E-state index contributed by atoms with van der Waals surface area (Å²) >= 11 is 5.15. The Balaban J connectivity index is 3.10. The van der Waals surface area contributed by atoms with E-state index in [4.69, 9.17) is 0 Å². The largest absolute Gasteiger partial charge is 0.435 e. The van der Waals surface area contributed by atoms with E-state index in [0.29, 0.717) is 11.3 Å². The minimum atomic E-state index is -4.67. The number of alkyl halides is 3. The molecule has 0 aliphatic heterocycles. The second kappa shape index (κ2) is 3.51. The van der Waals surface area contributed by atoms with Crippen molar-refractivity contribution in [2.24, 2.45) is 0 Å². The Labute approximate surface area is 79.3 Å². The van der Waals surface area contributed by atoms with Crippen LogP contribution in [-0.4, -0.2) is 11.0 Å². The van der Waals surface area contributed by atoms with Crippen LogP contribution in [0.25, 0.3) is 0 Å². The zero-order valence-electron chi connectivity index (χ0n) is 5.76. The molecule has 13 heavy (non-hydrogen) atoms. The molecule has 0 aliphatic rings. The molecule has 3 nitrogen and oxygen atoms in total. The molecule has 0 fully saturated rings. The van der Waals surface area contributed by atoms with Crippen LogP contribution < -0.4 is 0 Å². The van der Waals surface area contributed by atoms with E-state index in [1.54, 1.807) is 0 Å². The number of carbonyl (C=O) groups excluding carboxylic acids is 1. The van der Waals surface area contributed by atoms with Crippen LogP contribution in [0.3, 0.4) is 0 Å². The van der Waals surface area contributed by atoms with Gasteiger partial charge in [-0.25, -0.2) is 9.78 Å². The van der Waals surface area contributed by atoms with Gasteiger partial charge in [-0.2, -0.15) is 13.2 Å². The van der Waals surface area contributed by atoms with E-state index < -0.39 is 22.7 Å². The summed E-state index contributed by atoms with van der Waals surface area (Å²) in [6.07, 6.45) is -4.67. The maximum Gasteiger partial charge on any atom is 0.435 e. The maximum absolute atomic E-state index is 12.1. The molecule has 8 heteroatoms. The van der Waals surface area contributed by atoms with Gasteiger partial charge in [0.25, 0.3) is 0 Å². The van der Waals surface area contributed by atoms with Gasteiger partial charge in [0.1, 0.15) is 16.7 Å². The van der Waals surface area contributed by atoms with E-state index in [1.807, 2.05) is 0 Å². The molecular formula is C5HClF3NO2S. The minimum absolute atomic E-state index is 0.519. The van der Waals surface area contributed by atoms with Crippen molar-refractivity contribution in [3.05, 3.63) is 16.1 Å². The smallest absolute Gasteiger partial charge is 0.342 e. The number of hydrogen-bond donors (Lipinski definition) is 0. The SMILES string of the molecule is O=C(OCl)c1scnc1C(F)(F)F. The summed E-state index contributed by atoms with van der Waals surface area (Å²) in [5.74, 6) is -1.25. The van der Waals surface area contributed by atoms with Crippen LogP contribution in [0.2, 0.25) is 0 Å². The van der Waals surface area contributed by atoms with Crippen LogP contribution in [0.1, 0.15) is 15.4 Å². The van der Waals surface area contributed by atoms with Crippen molar-refractivity contribution in [2.75, 3.05) is 0 Å². The number of aromatic nitrogens is 1. The van der Waals surface area contributed by atoms with Gasteiger partial charge in [-0.3, -0.25) is 0 Å². The highest BCUT2D eigenvalue weighted by atomic mass is 35.5. The number of halogens is 4. The van der Waals surface area contributed by atoms with Gasteiger partial charge < -0.3 is 4.29 Å². The Morgan fingerprint density at radius 2 is 2.23 bits per heavy atom. The lowest BCUT2D eigenvalue weighted by Gasteiger charge is -2.02. The monoisotopic (exact) mass is 231 g/mol. The van der Waals surface area contributed by atoms with Crippen LogP contribution in [0.4, 0.5) is 13.2 Å². The molecule has 0 amide bonds. The van der Waals surface area contributed by atoms with E-state index in [9.17, 15) is 18.0 Å². The molecule has 0 N–H and O–H groups in total. The van der Waals surface area contributed by atoms with Gasteiger partial charge in [0.2, 0.25) is 0 Å². The molecule has 1 aromatic heterocycles. The second-order valence-corrected chi connectivity index (χ2v) is 2.90. The minimum Gasteiger partial charge on any atom is -0.342 e. The van der Waals surface area contributed by atoms with Gasteiger partial charge in [0.15, 0.2) is 5.69 Å². The third kappa shape index (κ3) is 2.10. The fourth-order valence-electron chi connectivity index (χ4n) is 0.628. The number of hydrogen-bond acceptors (Lipinski definition) is 4. The van der Waals surface area contributed by atoms with Gasteiger partial charge in [0.05, 0.1) is 5.51 Å². The predicted octanol–water partition coefficient (Wildman–Crippen LogP) is 2.47. The van der Waals surface area contributed by atoms with Crippen molar-refractivity contribution in [3.63, 3.8) is 0 Å². The van der Waals surface area contributed by atoms with Crippen molar-refractivity contribution in [1.29, 1.82) is 0 Å². The molecule has 0 atom stereocenters.